The Balaban J connectivity index is 1.86. The summed E-state index contributed by atoms with van der Waals surface area (Å²) in [6.45, 7) is 4.28. The molecule has 0 bridgehead atoms. The van der Waals surface area contributed by atoms with Crippen LogP contribution in [-0.4, -0.2) is 4.57 Å². The maximum atomic E-state index is 13.4. The number of rotatable bonds is 4. The van der Waals surface area contributed by atoms with Crippen LogP contribution in [0.1, 0.15) is 25.8 Å². The first-order chi connectivity index (χ1) is 16.3. The average Bonchev–Trinajstić information content (AvgIpc) is 3.10. The molecule has 4 aromatic carbocycles. The molecule has 7 nitrogen and oxygen atoms in total. The quantitative estimate of drug-likeness (QED) is 0.245. The second-order valence-corrected chi connectivity index (χ2v) is 8.86. The molecule has 4 N–H and O–H groups in total. The molecule has 170 valence electrons. The Morgan fingerprint density at radius 2 is 1.21 bits per heavy atom. The van der Waals surface area contributed by atoms with E-state index in [1.54, 1.807) is 24.3 Å². The molecule has 1 heterocycles. The molecule has 0 saturated heterocycles. The van der Waals surface area contributed by atoms with Crippen LogP contribution in [0.5, 0.6) is 0 Å². The summed E-state index contributed by atoms with van der Waals surface area (Å²) in [6, 6.07) is 13.5. The smallest absolute Gasteiger partial charge is 0.268 e. The Morgan fingerprint density at radius 3 is 1.65 bits per heavy atom. The van der Waals surface area contributed by atoms with Crippen LogP contribution < -0.4 is 33.4 Å². The summed E-state index contributed by atoms with van der Waals surface area (Å²) >= 11 is 0. The van der Waals surface area contributed by atoms with Crippen LogP contribution in [0.3, 0.4) is 0 Å². The molecule has 0 aliphatic rings. The van der Waals surface area contributed by atoms with Gasteiger partial charge in [-0.2, -0.15) is 0 Å². The molecule has 5 aromatic rings. The number of nitrogens with two attached hydrogens (primary N) is 2. The van der Waals surface area contributed by atoms with Crippen molar-refractivity contribution in [1.82, 2.24) is 4.57 Å². The fourth-order valence-corrected chi connectivity index (χ4v) is 4.73. The normalized spacial score (nSPS) is 12.6. The fraction of sp³-hybridized carbons (Fsp3) is 0.185. The third kappa shape index (κ3) is 2.90. The predicted molar refractivity (Wildman–Crippen MR) is 138 cm³/mol. The van der Waals surface area contributed by atoms with Gasteiger partial charge < -0.3 is 11.5 Å². The lowest BCUT2D eigenvalue weighted by Crippen LogP contribution is -2.23. The molecular weight excluding hydrogens is 430 g/mol. The summed E-state index contributed by atoms with van der Waals surface area (Å²) in [5.74, 6) is 0.510. The van der Waals surface area contributed by atoms with Crippen molar-refractivity contribution in [3.05, 3.63) is 95.2 Å². The summed E-state index contributed by atoms with van der Waals surface area (Å²) in [4.78, 5) is 53.2. The third-order valence-electron chi connectivity index (χ3n) is 6.76. The van der Waals surface area contributed by atoms with E-state index >= 15 is 0 Å². The molecule has 34 heavy (non-hydrogen) atoms. The van der Waals surface area contributed by atoms with Gasteiger partial charge in [-0.1, -0.05) is 56.7 Å². The Hall–Kier alpha value is -4.26. The average molecular weight is 453 g/mol. The standard InChI is InChI=1S/C27H23N3O4/c1-3-13(2)12-14-8-10-15(11-9-14)30-26(33)20-21(27(30)34)23(29)19-18(22(20)28)24(31)16-6-4-5-7-17(16)25(19)32/h4-11,13H,3,12,28-29H2,1-2H3. The van der Waals surface area contributed by atoms with Crippen molar-refractivity contribution in [2.24, 2.45) is 5.92 Å². The highest BCUT2D eigenvalue weighted by molar-refractivity contribution is 6.20. The van der Waals surface area contributed by atoms with Crippen LogP contribution in [0, 0.1) is 5.92 Å². The van der Waals surface area contributed by atoms with Crippen molar-refractivity contribution in [3.63, 3.8) is 0 Å². The van der Waals surface area contributed by atoms with Crippen molar-refractivity contribution in [3.8, 4) is 5.69 Å². The third-order valence-corrected chi connectivity index (χ3v) is 6.76. The lowest BCUT2D eigenvalue weighted by atomic mass is 9.97. The molecule has 0 aliphatic carbocycles. The van der Waals surface area contributed by atoms with E-state index in [2.05, 4.69) is 13.8 Å². The van der Waals surface area contributed by atoms with Crippen molar-refractivity contribution < 1.29 is 0 Å². The number of hydrogen-bond donors (Lipinski definition) is 2. The molecular formula is C27H23N3O4. The van der Waals surface area contributed by atoms with E-state index in [0.29, 0.717) is 11.6 Å². The Bertz CT molecular complexity index is 1720. The van der Waals surface area contributed by atoms with Gasteiger partial charge in [0.05, 0.1) is 38.6 Å². The van der Waals surface area contributed by atoms with Crippen LogP contribution in [0.4, 0.5) is 11.4 Å². The number of benzene rings is 4. The minimum Gasteiger partial charge on any atom is -0.397 e. The fourth-order valence-electron chi connectivity index (χ4n) is 4.73. The van der Waals surface area contributed by atoms with E-state index < -0.39 is 22.0 Å². The van der Waals surface area contributed by atoms with E-state index in [1.165, 1.54) is 12.1 Å². The molecule has 0 spiro atoms. The summed E-state index contributed by atoms with van der Waals surface area (Å²) in [5.41, 5.74) is 11.3. The second-order valence-electron chi connectivity index (χ2n) is 8.86. The summed E-state index contributed by atoms with van der Waals surface area (Å²) < 4.78 is 0.998. The first-order valence-corrected chi connectivity index (χ1v) is 11.2. The topological polar surface area (TPSA) is 125 Å². The van der Waals surface area contributed by atoms with Crippen molar-refractivity contribution in [2.45, 2.75) is 26.7 Å². The first kappa shape index (κ1) is 21.6. The van der Waals surface area contributed by atoms with Gasteiger partial charge >= 0.3 is 0 Å². The number of hydrogen-bond acceptors (Lipinski definition) is 6. The molecule has 0 saturated carbocycles. The monoisotopic (exact) mass is 453 g/mol. The van der Waals surface area contributed by atoms with E-state index in [1.807, 2.05) is 12.1 Å². The molecule has 0 radical (unpaired) electrons. The van der Waals surface area contributed by atoms with Gasteiger partial charge in [-0.25, -0.2) is 4.57 Å². The van der Waals surface area contributed by atoms with Gasteiger partial charge in [0.2, 0.25) is 0 Å². The number of nitrogen functional groups attached to an aromatic ring is 2. The molecule has 0 aliphatic heterocycles. The Kier molecular flexibility index (Phi) is 4.86. The van der Waals surface area contributed by atoms with Crippen LogP contribution in [-0.2, 0) is 6.42 Å². The SMILES string of the molecule is CCC(C)Cc1ccc(-n2c(=O)c3c(N)c4c(=O)c5ccccc5c(=O)c4c(N)c3c2=O)cc1. The van der Waals surface area contributed by atoms with E-state index in [-0.39, 0.29) is 43.7 Å². The largest absolute Gasteiger partial charge is 0.397 e. The van der Waals surface area contributed by atoms with Gasteiger partial charge in [-0.3, -0.25) is 19.2 Å². The highest BCUT2D eigenvalue weighted by Crippen LogP contribution is 2.31. The summed E-state index contributed by atoms with van der Waals surface area (Å²) in [5, 5.41) is -0.122. The minimum absolute atomic E-state index is 0.119. The molecule has 1 aromatic heterocycles. The summed E-state index contributed by atoms with van der Waals surface area (Å²) in [6.07, 6.45) is 1.93. The lowest BCUT2D eigenvalue weighted by molar-refractivity contribution is 0.560. The van der Waals surface area contributed by atoms with E-state index in [9.17, 15) is 19.2 Å². The highest BCUT2D eigenvalue weighted by atomic mass is 16.2. The van der Waals surface area contributed by atoms with Crippen LogP contribution in [0.2, 0.25) is 0 Å². The minimum atomic E-state index is -0.666. The first-order valence-electron chi connectivity index (χ1n) is 11.2. The zero-order chi connectivity index (χ0) is 24.3. The van der Waals surface area contributed by atoms with Gasteiger partial charge in [0.15, 0.2) is 10.9 Å². The Morgan fingerprint density at radius 1 is 0.735 bits per heavy atom. The van der Waals surface area contributed by atoms with Crippen LogP contribution in [0.15, 0.2) is 67.7 Å². The lowest BCUT2D eigenvalue weighted by Gasteiger charge is -2.09. The van der Waals surface area contributed by atoms with Crippen molar-refractivity contribution in [2.75, 3.05) is 11.5 Å². The zero-order valence-corrected chi connectivity index (χ0v) is 18.8. The highest BCUT2D eigenvalue weighted by Gasteiger charge is 2.25. The maximum absolute atomic E-state index is 13.4. The molecule has 0 fully saturated rings. The van der Waals surface area contributed by atoms with Gasteiger partial charge in [-0.15, -0.1) is 0 Å². The maximum Gasteiger partial charge on any atom is 0.268 e. The number of fused-ring (bicyclic) bond motifs is 3. The Labute approximate surface area is 193 Å². The van der Waals surface area contributed by atoms with Gasteiger partial charge in [0.1, 0.15) is 0 Å². The van der Waals surface area contributed by atoms with E-state index in [0.717, 1.165) is 23.0 Å². The van der Waals surface area contributed by atoms with Crippen LogP contribution >= 0.6 is 0 Å². The number of aromatic nitrogens is 1. The van der Waals surface area contributed by atoms with Gasteiger partial charge in [-0.05, 0) is 30.0 Å². The molecule has 7 heteroatoms. The molecule has 0 amide bonds. The molecule has 5 rings (SSSR count). The van der Waals surface area contributed by atoms with Gasteiger partial charge in [0.25, 0.3) is 11.1 Å². The second kappa shape index (κ2) is 7.66. The number of nitrogens with zero attached hydrogens (tertiary/aromatic N) is 1. The van der Waals surface area contributed by atoms with Crippen molar-refractivity contribution >= 4 is 43.7 Å². The predicted octanol–water partition coefficient (Wildman–Crippen LogP) is 3.01. The summed E-state index contributed by atoms with van der Waals surface area (Å²) in [7, 11) is 0. The number of anilines is 2. The molecule has 1 atom stereocenters. The van der Waals surface area contributed by atoms with Crippen molar-refractivity contribution in [1.29, 1.82) is 0 Å². The van der Waals surface area contributed by atoms with Crippen LogP contribution in [0.25, 0.3) is 38.0 Å². The van der Waals surface area contributed by atoms with Gasteiger partial charge in [0, 0.05) is 10.8 Å². The molecule has 1 unspecified atom stereocenters. The zero-order valence-electron chi connectivity index (χ0n) is 18.8. The van der Waals surface area contributed by atoms with E-state index in [4.69, 9.17) is 11.5 Å².